The number of carbonyl (C=O) groups excluding carboxylic acids is 1. The molecule has 140 valence electrons. The van der Waals surface area contributed by atoms with E-state index in [0.717, 1.165) is 11.1 Å². The van der Waals surface area contributed by atoms with Crippen LogP contribution in [0.3, 0.4) is 0 Å². The van der Waals surface area contributed by atoms with Crippen LogP contribution >= 0.6 is 23.2 Å². The van der Waals surface area contributed by atoms with Crippen LogP contribution in [0.25, 0.3) is 11.1 Å². The van der Waals surface area contributed by atoms with Crippen LogP contribution in [-0.4, -0.2) is 34.8 Å². The Balaban J connectivity index is 1.81. The van der Waals surface area contributed by atoms with Crippen molar-refractivity contribution in [1.29, 1.82) is 0 Å². The zero-order valence-electron chi connectivity index (χ0n) is 14.4. The second-order valence-electron chi connectivity index (χ2n) is 5.81. The van der Waals surface area contributed by atoms with Gasteiger partial charge in [-0.15, -0.1) is 5.10 Å². The molecule has 0 aliphatic rings. The molecule has 9 heteroatoms. The van der Waals surface area contributed by atoms with Crippen molar-refractivity contribution in [2.45, 2.75) is 6.42 Å². The fourth-order valence-electron chi connectivity index (χ4n) is 2.63. The first-order valence-electron chi connectivity index (χ1n) is 8.00. The lowest BCUT2D eigenvalue weighted by Gasteiger charge is -2.11. The van der Waals surface area contributed by atoms with Gasteiger partial charge in [-0.2, -0.15) is 4.98 Å². The predicted molar refractivity (Wildman–Crippen MR) is 106 cm³/mol. The number of aromatic amines is 1. The SMILES string of the molecule is COCC(=O)Nc1ccc(-c2c(Cl)cc(Cc3nc(N)n[nH]3)cc2Cl)cc1. The number of benzene rings is 2. The third-order valence-corrected chi connectivity index (χ3v) is 4.35. The van der Waals surface area contributed by atoms with Gasteiger partial charge in [-0.05, 0) is 35.4 Å². The van der Waals surface area contributed by atoms with Crippen molar-refractivity contribution in [3.63, 3.8) is 0 Å². The molecule has 0 aliphatic carbocycles. The monoisotopic (exact) mass is 405 g/mol. The summed E-state index contributed by atoms with van der Waals surface area (Å²) in [7, 11) is 1.47. The zero-order valence-corrected chi connectivity index (χ0v) is 15.9. The Morgan fingerprint density at radius 1 is 1.22 bits per heavy atom. The van der Waals surface area contributed by atoms with Crippen molar-refractivity contribution in [2.75, 3.05) is 24.8 Å². The lowest BCUT2D eigenvalue weighted by atomic mass is 10.0. The Kier molecular flexibility index (Phi) is 5.95. The van der Waals surface area contributed by atoms with E-state index in [-0.39, 0.29) is 18.5 Å². The van der Waals surface area contributed by atoms with Gasteiger partial charge in [0, 0.05) is 24.8 Å². The van der Waals surface area contributed by atoms with Crippen LogP contribution in [0, 0.1) is 0 Å². The average Bonchev–Trinajstić information content (AvgIpc) is 3.01. The Morgan fingerprint density at radius 3 is 2.44 bits per heavy atom. The highest BCUT2D eigenvalue weighted by atomic mass is 35.5. The lowest BCUT2D eigenvalue weighted by molar-refractivity contribution is -0.119. The molecule has 0 aliphatic heterocycles. The van der Waals surface area contributed by atoms with Gasteiger partial charge in [0.1, 0.15) is 12.4 Å². The Labute approximate surface area is 165 Å². The number of H-pyrrole nitrogens is 1. The summed E-state index contributed by atoms with van der Waals surface area (Å²) in [4.78, 5) is 15.6. The van der Waals surface area contributed by atoms with Crippen molar-refractivity contribution >= 4 is 40.7 Å². The quantitative estimate of drug-likeness (QED) is 0.581. The number of nitrogens with two attached hydrogens (primary N) is 1. The van der Waals surface area contributed by atoms with Crippen LogP contribution in [0.1, 0.15) is 11.4 Å². The van der Waals surface area contributed by atoms with Crippen molar-refractivity contribution in [3.8, 4) is 11.1 Å². The second-order valence-corrected chi connectivity index (χ2v) is 6.62. The molecule has 1 heterocycles. The van der Waals surface area contributed by atoms with Crippen LogP contribution in [0.4, 0.5) is 11.6 Å². The van der Waals surface area contributed by atoms with Gasteiger partial charge in [-0.25, -0.2) is 0 Å². The number of hydrogen-bond donors (Lipinski definition) is 3. The standard InChI is InChI=1S/C18H17Cl2N5O2/c1-27-9-16(26)22-12-4-2-11(3-5-12)17-13(19)6-10(7-14(17)20)8-15-23-18(21)25-24-15/h2-7H,8-9H2,1H3,(H,22,26)(H3,21,23,24,25). The van der Waals surface area contributed by atoms with Gasteiger partial charge in [0.05, 0.1) is 10.0 Å². The molecule has 27 heavy (non-hydrogen) atoms. The summed E-state index contributed by atoms with van der Waals surface area (Å²) in [6.45, 7) is -0.00227. The molecule has 0 spiro atoms. The number of hydrogen-bond acceptors (Lipinski definition) is 5. The summed E-state index contributed by atoms with van der Waals surface area (Å²) >= 11 is 12.9. The molecule has 0 bridgehead atoms. The molecule has 7 nitrogen and oxygen atoms in total. The predicted octanol–water partition coefficient (Wildman–Crippen LogP) is 3.54. The molecule has 1 aromatic heterocycles. The minimum absolute atomic E-state index is 0.00227. The molecule has 0 unspecified atom stereocenters. The molecular weight excluding hydrogens is 389 g/mol. The number of rotatable bonds is 6. The fourth-order valence-corrected chi connectivity index (χ4v) is 3.38. The molecule has 1 amide bonds. The van der Waals surface area contributed by atoms with Crippen molar-refractivity contribution in [2.24, 2.45) is 0 Å². The van der Waals surface area contributed by atoms with Crippen molar-refractivity contribution in [3.05, 3.63) is 57.8 Å². The number of methoxy groups -OCH3 is 1. The summed E-state index contributed by atoms with van der Waals surface area (Å²) < 4.78 is 4.79. The molecule has 3 rings (SSSR count). The van der Waals surface area contributed by atoms with Gasteiger partial charge in [0.2, 0.25) is 11.9 Å². The van der Waals surface area contributed by atoms with Crippen LogP contribution < -0.4 is 11.1 Å². The second kappa shape index (κ2) is 8.39. The normalized spacial score (nSPS) is 10.8. The highest BCUT2D eigenvalue weighted by Gasteiger charge is 2.12. The first-order chi connectivity index (χ1) is 13.0. The summed E-state index contributed by atoms with van der Waals surface area (Å²) in [6.07, 6.45) is 0.481. The van der Waals surface area contributed by atoms with Gasteiger partial charge in [-0.1, -0.05) is 35.3 Å². The Morgan fingerprint density at radius 2 is 1.89 bits per heavy atom. The van der Waals surface area contributed by atoms with E-state index in [1.54, 1.807) is 12.1 Å². The van der Waals surface area contributed by atoms with E-state index in [9.17, 15) is 4.79 Å². The lowest BCUT2D eigenvalue weighted by Crippen LogP contribution is -2.16. The smallest absolute Gasteiger partial charge is 0.250 e. The number of nitrogens with one attached hydrogen (secondary N) is 2. The third kappa shape index (κ3) is 4.77. The number of carbonyl (C=O) groups is 1. The van der Waals surface area contributed by atoms with Gasteiger partial charge < -0.3 is 15.8 Å². The Hall–Kier alpha value is -2.61. The first-order valence-corrected chi connectivity index (χ1v) is 8.75. The van der Waals surface area contributed by atoms with E-state index in [1.165, 1.54) is 7.11 Å². The topological polar surface area (TPSA) is 106 Å². The molecule has 0 atom stereocenters. The number of halogens is 2. The number of nitrogens with zero attached hydrogens (tertiary/aromatic N) is 2. The maximum absolute atomic E-state index is 11.6. The number of ether oxygens (including phenoxy) is 1. The van der Waals surface area contributed by atoms with E-state index in [1.807, 2.05) is 24.3 Å². The molecule has 4 N–H and O–H groups in total. The van der Waals surface area contributed by atoms with Gasteiger partial charge >= 0.3 is 0 Å². The van der Waals surface area contributed by atoms with Crippen LogP contribution in [0.5, 0.6) is 0 Å². The fraction of sp³-hybridized carbons (Fsp3) is 0.167. The largest absolute Gasteiger partial charge is 0.375 e. The number of anilines is 2. The highest BCUT2D eigenvalue weighted by molar-refractivity contribution is 6.39. The molecule has 0 saturated heterocycles. The molecule has 0 fully saturated rings. The van der Waals surface area contributed by atoms with Crippen molar-refractivity contribution < 1.29 is 9.53 Å². The van der Waals surface area contributed by atoms with Crippen LogP contribution in [0.15, 0.2) is 36.4 Å². The van der Waals surface area contributed by atoms with Crippen LogP contribution in [-0.2, 0) is 16.0 Å². The number of aromatic nitrogens is 3. The van der Waals surface area contributed by atoms with Gasteiger partial charge in [-0.3, -0.25) is 9.89 Å². The van der Waals surface area contributed by atoms with Crippen LogP contribution in [0.2, 0.25) is 10.0 Å². The van der Waals surface area contributed by atoms with Crippen molar-refractivity contribution in [1.82, 2.24) is 15.2 Å². The average molecular weight is 406 g/mol. The molecular formula is C18H17Cl2N5O2. The van der Waals surface area contributed by atoms with E-state index in [4.69, 9.17) is 33.7 Å². The minimum Gasteiger partial charge on any atom is -0.375 e. The highest BCUT2D eigenvalue weighted by Crippen LogP contribution is 2.36. The number of amides is 1. The Bertz CT molecular complexity index is 934. The first kappa shape index (κ1) is 19.2. The summed E-state index contributed by atoms with van der Waals surface area (Å²) in [5.41, 5.74) is 8.61. The van der Waals surface area contributed by atoms with E-state index in [2.05, 4.69) is 20.5 Å². The maximum atomic E-state index is 11.6. The maximum Gasteiger partial charge on any atom is 0.250 e. The molecule has 0 saturated carbocycles. The van der Waals surface area contributed by atoms with Gasteiger partial charge in [0.15, 0.2) is 0 Å². The number of nitrogen functional groups attached to an aromatic ring is 1. The summed E-state index contributed by atoms with van der Waals surface area (Å²) in [6, 6.07) is 10.9. The minimum atomic E-state index is -0.223. The summed E-state index contributed by atoms with van der Waals surface area (Å²) in [5, 5.41) is 10.3. The van der Waals surface area contributed by atoms with E-state index in [0.29, 0.717) is 33.5 Å². The molecule has 3 aromatic rings. The third-order valence-electron chi connectivity index (χ3n) is 3.76. The van der Waals surface area contributed by atoms with E-state index >= 15 is 0 Å². The van der Waals surface area contributed by atoms with E-state index < -0.39 is 0 Å². The molecule has 0 radical (unpaired) electrons. The summed E-state index contributed by atoms with van der Waals surface area (Å²) in [5.74, 6) is 0.596. The van der Waals surface area contributed by atoms with Gasteiger partial charge in [0.25, 0.3) is 0 Å². The zero-order chi connectivity index (χ0) is 19.4. The molecule has 2 aromatic carbocycles.